The Bertz CT molecular complexity index is 1620. The third-order valence-corrected chi connectivity index (χ3v) is 14.0. The Kier molecular flexibility index (Phi) is 32.7. The molecule has 0 radical (unpaired) electrons. The van der Waals surface area contributed by atoms with Gasteiger partial charge in [0, 0.05) is 18.8 Å². The first kappa shape index (κ1) is 63.0. The van der Waals surface area contributed by atoms with Crippen LogP contribution in [0.1, 0.15) is 181 Å². The molecule has 69 heavy (non-hydrogen) atoms. The van der Waals surface area contributed by atoms with Gasteiger partial charge in [-0.2, -0.15) is 0 Å². The lowest BCUT2D eigenvalue weighted by molar-refractivity contribution is -0.163. The minimum absolute atomic E-state index is 0.0175. The van der Waals surface area contributed by atoms with Crippen LogP contribution in [0.25, 0.3) is 0 Å². The number of phosphoric acid groups is 2. The van der Waals surface area contributed by atoms with E-state index in [4.69, 9.17) is 23.0 Å². The molecule has 1 heterocycles. The van der Waals surface area contributed by atoms with Crippen LogP contribution >= 0.6 is 15.6 Å². The van der Waals surface area contributed by atoms with Crippen LogP contribution in [0.5, 0.6) is 0 Å². The van der Waals surface area contributed by atoms with Crippen molar-refractivity contribution < 1.29 is 86.8 Å². The van der Waals surface area contributed by atoms with E-state index in [9.17, 15) is 63.7 Å². The summed E-state index contributed by atoms with van der Waals surface area (Å²) >= 11 is 0. The monoisotopic (exact) mass is 1020 g/mol. The number of hydrogen-bond acceptors (Lipinski definition) is 15. The summed E-state index contributed by atoms with van der Waals surface area (Å²) < 4.78 is 52.2. The molecular formula is C49H86O18P2. The van der Waals surface area contributed by atoms with Gasteiger partial charge in [0.1, 0.15) is 31.0 Å². The van der Waals surface area contributed by atoms with Crippen LogP contribution < -0.4 is 0 Å². The molecule has 2 rings (SSSR count). The number of ether oxygens (including phenoxy) is 2. The second-order valence-electron chi connectivity index (χ2n) is 18.6. The molecule has 11 atom stereocenters. The summed E-state index contributed by atoms with van der Waals surface area (Å²) in [7, 11) is -11.4. The topological polar surface area (TPSA) is 293 Å². The highest BCUT2D eigenvalue weighted by Crippen LogP contribution is 2.49. The van der Waals surface area contributed by atoms with E-state index in [2.05, 4.69) is 6.92 Å². The smallest absolute Gasteiger partial charge is 0.462 e. The molecule has 0 saturated heterocycles. The zero-order valence-electron chi connectivity index (χ0n) is 41.1. The molecule has 8 N–H and O–H groups in total. The SMILES string of the molecule is CCCCCCCCCCCCCCCCCCCC(=O)O[C@@H]1COC(=O)CCC/C=C\C[C@H]2/C=C\C(=O)[C@H](/C=C/[C@@H](O)CCCCC)[C@@H](O)[C@@H](OP(=O)(O)O)[C@@H](OP(=O)(O)OC1)[C@H](O)[C@@H](O)[C@@H]2O. The van der Waals surface area contributed by atoms with Crippen molar-refractivity contribution in [1.82, 2.24) is 0 Å². The van der Waals surface area contributed by atoms with E-state index >= 15 is 0 Å². The highest BCUT2D eigenvalue weighted by atomic mass is 31.2. The summed E-state index contributed by atoms with van der Waals surface area (Å²) in [5, 5.41) is 56.6. The summed E-state index contributed by atoms with van der Waals surface area (Å²) in [5.74, 6) is -5.29. The number of ketones is 1. The van der Waals surface area contributed by atoms with Gasteiger partial charge in [0.15, 0.2) is 11.9 Å². The fourth-order valence-electron chi connectivity index (χ4n) is 8.34. The Labute approximate surface area is 410 Å². The molecule has 0 aromatic heterocycles. The average molecular weight is 1030 g/mol. The number of hydrogen-bond donors (Lipinski definition) is 8. The number of carbonyl (C=O) groups excluding carboxylic acids is 3. The largest absolute Gasteiger partial charge is 0.472 e. The van der Waals surface area contributed by atoms with Gasteiger partial charge in [0.25, 0.3) is 0 Å². The Morgan fingerprint density at radius 2 is 1.36 bits per heavy atom. The van der Waals surface area contributed by atoms with Gasteiger partial charge in [0.05, 0.1) is 30.8 Å². The van der Waals surface area contributed by atoms with Crippen LogP contribution in [0.4, 0.5) is 0 Å². The van der Waals surface area contributed by atoms with Crippen molar-refractivity contribution in [1.29, 1.82) is 0 Å². The number of aliphatic hydroxyl groups is 5. The molecule has 0 fully saturated rings. The zero-order valence-corrected chi connectivity index (χ0v) is 42.9. The van der Waals surface area contributed by atoms with Crippen LogP contribution in [0, 0.1) is 11.8 Å². The molecule has 1 aliphatic carbocycles. The molecule has 0 saturated carbocycles. The molecule has 1 unspecified atom stereocenters. The van der Waals surface area contributed by atoms with E-state index in [1.54, 1.807) is 12.2 Å². The molecule has 18 nitrogen and oxygen atoms in total. The molecule has 20 heteroatoms. The van der Waals surface area contributed by atoms with Crippen LogP contribution in [-0.2, 0) is 46.6 Å². The van der Waals surface area contributed by atoms with Gasteiger partial charge in [-0.15, -0.1) is 0 Å². The molecule has 1 aliphatic heterocycles. The van der Waals surface area contributed by atoms with Gasteiger partial charge in [-0.3, -0.25) is 28.0 Å². The van der Waals surface area contributed by atoms with E-state index in [1.165, 1.54) is 82.8 Å². The lowest BCUT2D eigenvalue weighted by Gasteiger charge is -2.38. The highest BCUT2D eigenvalue weighted by molar-refractivity contribution is 7.47. The Hall–Kier alpha value is -2.15. The van der Waals surface area contributed by atoms with Crippen molar-refractivity contribution in [3.8, 4) is 0 Å². The molecule has 0 amide bonds. The molecule has 2 bridgehead atoms. The third-order valence-electron chi connectivity index (χ3n) is 12.5. The molecule has 400 valence electrons. The van der Waals surface area contributed by atoms with E-state index in [0.29, 0.717) is 25.7 Å². The Balaban J connectivity index is 2.24. The van der Waals surface area contributed by atoms with Crippen molar-refractivity contribution in [3.05, 3.63) is 36.5 Å². The van der Waals surface area contributed by atoms with E-state index in [0.717, 1.165) is 57.1 Å². The van der Waals surface area contributed by atoms with Gasteiger partial charge in [-0.1, -0.05) is 166 Å². The first-order valence-electron chi connectivity index (χ1n) is 25.6. The number of aliphatic hydroxyl groups excluding tert-OH is 5. The van der Waals surface area contributed by atoms with Gasteiger partial charge in [0.2, 0.25) is 0 Å². The standard InChI is InChI=1S/C49H86O18P2/c1-3-5-7-8-9-10-11-12-13-14-15-16-17-18-19-20-26-30-43(53)65-39-35-63-42(52)29-25-22-21-24-27-37-31-34-41(51)40(33-32-38(50)28-23-6-4-2)45(55)48(66-68(58,59)60)49(47(57)46(56)44(37)54)67-69(61,62)64-36-39/h21,24,31-34,37-40,44-50,54-57H,3-20,22-23,25-30,35-36H2,1-2H3,(H,61,62)(H2,58,59,60)/b24-21-,33-32+,34-31-/t37-,38-,39+,40-,44+,45+,46-,47+,48+,49-/m0/s1. The molecule has 2 aliphatic rings. The van der Waals surface area contributed by atoms with Gasteiger partial charge in [-0.05, 0) is 38.2 Å². The lowest BCUT2D eigenvalue weighted by Crippen LogP contribution is -2.56. The van der Waals surface area contributed by atoms with Crippen molar-refractivity contribution in [2.24, 2.45) is 11.8 Å². The Morgan fingerprint density at radius 1 is 0.797 bits per heavy atom. The maximum Gasteiger partial charge on any atom is 0.472 e. The number of rotatable bonds is 27. The van der Waals surface area contributed by atoms with Gasteiger partial charge < -0.3 is 49.7 Å². The van der Waals surface area contributed by atoms with Crippen LogP contribution in [0.15, 0.2) is 36.5 Å². The minimum atomic E-state index is -5.75. The summed E-state index contributed by atoms with van der Waals surface area (Å²) in [6, 6.07) is 0. The molecule has 0 aromatic carbocycles. The third kappa shape index (κ3) is 28.0. The van der Waals surface area contributed by atoms with Crippen LogP contribution in [0.2, 0.25) is 0 Å². The fourth-order valence-corrected chi connectivity index (χ4v) is 9.87. The Morgan fingerprint density at radius 3 is 1.94 bits per heavy atom. The molecule has 0 aromatic rings. The van der Waals surface area contributed by atoms with Gasteiger partial charge in [-0.25, -0.2) is 9.13 Å². The summed E-state index contributed by atoms with van der Waals surface area (Å²) in [5.41, 5.74) is 0. The van der Waals surface area contributed by atoms with Gasteiger partial charge >= 0.3 is 27.6 Å². The van der Waals surface area contributed by atoms with Crippen LogP contribution in [0.3, 0.4) is 0 Å². The second-order valence-corrected chi connectivity index (χ2v) is 21.2. The summed E-state index contributed by atoms with van der Waals surface area (Å²) in [6.07, 6.45) is 13.2. The fraction of sp³-hybridized carbons (Fsp3) is 0.816. The minimum Gasteiger partial charge on any atom is -0.462 e. The predicted molar refractivity (Wildman–Crippen MR) is 259 cm³/mol. The second kappa shape index (κ2) is 35.9. The number of carbonyl (C=O) groups is 3. The normalized spacial score (nSPS) is 29.7. The van der Waals surface area contributed by atoms with Crippen LogP contribution in [-0.4, -0.2) is 120 Å². The number of fused-ring (bicyclic) bond motifs is 4. The lowest BCUT2D eigenvalue weighted by atomic mass is 9.87. The quantitative estimate of drug-likeness (QED) is 0.0168. The number of esters is 2. The first-order chi connectivity index (χ1) is 32.9. The first-order valence-corrected chi connectivity index (χ1v) is 28.6. The number of phosphoric ester groups is 2. The van der Waals surface area contributed by atoms with E-state index in [-0.39, 0.29) is 25.7 Å². The maximum atomic E-state index is 13.8. The number of unbranched alkanes of at least 4 members (excludes halogenated alkanes) is 18. The van der Waals surface area contributed by atoms with Crippen molar-refractivity contribution in [3.63, 3.8) is 0 Å². The van der Waals surface area contributed by atoms with E-state index < -0.39 is 107 Å². The maximum absolute atomic E-state index is 13.8. The van der Waals surface area contributed by atoms with Crippen molar-refractivity contribution in [2.45, 2.75) is 230 Å². The molecule has 0 spiro atoms. The van der Waals surface area contributed by atoms with Crippen molar-refractivity contribution >= 4 is 33.4 Å². The average Bonchev–Trinajstić information content (AvgIpc) is 3.30. The summed E-state index contributed by atoms with van der Waals surface area (Å²) in [6.45, 7) is 2.63. The number of allylic oxidation sites excluding steroid dienone is 3. The molecular weight excluding hydrogens is 938 g/mol. The summed E-state index contributed by atoms with van der Waals surface area (Å²) in [4.78, 5) is 70.5. The number of cyclic esters (lactones) is 1. The van der Waals surface area contributed by atoms with Crippen molar-refractivity contribution in [2.75, 3.05) is 13.2 Å². The van der Waals surface area contributed by atoms with E-state index in [1.807, 2.05) is 6.92 Å². The zero-order chi connectivity index (χ0) is 51.1. The highest BCUT2D eigenvalue weighted by Gasteiger charge is 2.50. The predicted octanol–water partition coefficient (Wildman–Crippen LogP) is 7.91.